The maximum atomic E-state index is 14.0. The number of fused-ring (bicyclic) bond motifs is 1. The first-order valence-corrected chi connectivity index (χ1v) is 9.15. The van der Waals surface area contributed by atoms with Crippen molar-refractivity contribution < 1.29 is 18.7 Å². The Hall–Kier alpha value is -3.38. The molecular weight excluding hydrogens is 374 g/mol. The van der Waals surface area contributed by atoms with Crippen molar-refractivity contribution in [3.05, 3.63) is 94.6 Å². The fraction of sp³-hybridized carbons (Fsp3) is 0.130. The monoisotopic (exact) mass is 392 g/mol. The molecule has 29 heavy (non-hydrogen) atoms. The average molecular weight is 392 g/mol. The topological polar surface area (TPSA) is 61.7 Å². The van der Waals surface area contributed by atoms with Gasteiger partial charge in [0.2, 0.25) is 0 Å². The number of halogens is 2. The quantitative estimate of drug-likeness (QED) is 0.689. The van der Waals surface area contributed by atoms with Crippen LogP contribution in [-0.4, -0.2) is 23.8 Å². The molecule has 0 saturated carbocycles. The molecule has 4 rings (SSSR count). The number of hydrogen-bond acceptors (Lipinski definition) is 3. The zero-order valence-electron chi connectivity index (χ0n) is 15.4. The highest BCUT2D eigenvalue weighted by atomic mass is 19.1. The summed E-state index contributed by atoms with van der Waals surface area (Å²) in [6, 6.07) is 14.9. The van der Waals surface area contributed by atoms with Gasteiger partial charge in [-0.3, -0.25) is 9.79 Å². The number of benzene rings is 3. The van der Waals surface area contributed by atoms with Crippen LogP contribution in [0.3, 0.4) is 0 Å². The molecule has 1 aliphatic heterocycles. The van der Waals surface area contributed by atoms with Crippen molar-refractivity contribution in [2.45, 2.75) is 12.6 Å². The Labute approximate surface area is 166 Å². The van der Waals surface area contributed by atoms with E-state index < -0.39 is 30.2 Å². The molecule has 3 aromatic rings. The normalized spacial score (nSPS) is 13.2. The molecule has 0 aliphatic carbocycles. The highest BCUT2D eigenvalue weighted by Gasteiger charge is 2.19. The summed E-state index contributed by atoms with van der Waals surface area (Å²) in [4.78, 5) is 16.9. The molecule has 146 valence electrons. The lowest BCUT2D eigenvalue weighted by molar-refractivity contribution is 0.0915. The number of carbonyl (C=O) groups is 1. The Bertz CT molecular complexity index is 1110. The lowest BCUT2D eigenvalue weighted by atomic mass is 9.98. The molecule has 1 aliphatic rings. The molecule has 4 nitrogen and oxygen atoms in total. The summed E-state index contributed by atoms with van der Waals surface area (Å²) in [5, 5.41) is 12.2. The van der Waals surface area contributed by atoms with Crippen LogP contribution < -0.4 is 5.32 Å². The summed E-state index contributed by atoms with van der Waals surface area (Å²) in [5.41, 5.74) is 4.26. The fourth-order valence-corrected chi connectivity index (χ4v) is 3.37. The van der Waals surface area contributed by atoms with E-state index in [9.17, 15) is 18.7 Å². The minimum Gasteiger partial charge on any atom is -0.394 e. The Kier molecular flexibility index (Phi) is 5.18. The molecule has 0 saturated heterocycles. The third kappa shape index (κ3) is 3.93. The van der Waals surface area contributed by atoms with Gasteiger partial charge >= 0.3 is 0 Å². The SMILES string of the molecule is O=C(NC(CO)c1cc(F)ccc1F)c1cccc(-c2ccc3c(c2)C=NC3)c1. The Balaban J connectivity index is 1.58. The molecule has 0 aromatic heterocycles. The van der Waals surface area contributed by atoms with Gasteiger partial charge in [-0.05, 0) is 58.7 Å². The molecule has 0 bridgehead atoms. The van der Waals surface area contributed by atoms with Gasteiger partial charge in [0.05, 0.1) is 19.2 Å². The highest BCUT2D eigenvalue weighted by molar-refractivity contribution is 5.96. The summed E-state index contributed by atoms with van der Waals surface area (Å²) >= 11 is 0. The standard InChI is InChI=1S/C23H18F2N2O2/c24-19-6-7-21(25)20(10-19)22(13-28)27-23(29)16-3-1-2-14(8-16)15-4-5-17-11-26-12-18(17)9-15/h1-10,12,22,28H,11,13H2,(H,27,29). The van der Waals surface area contributed by atoms with E-state index in [2.05, 4.69) is 10.3 Å². The summed E-state index contributed by atoms with van der Waals surface area (Å²) in [6.07, 6.45) is 1.83. The van der Waals surface area contributed by atoms with Gasteiger partial charge in [-0.15, -0.1) is 0 Å². The number of hydrogen-bond donors (Lipinski definition) is 2. The van der Waals surface area contributed by atoms with E-state index in [1.165, 1.54) is 0 Å². The third-order valence-corrected chi connectivity index (χ3v) is 4.92. The van der Waals surface area contributed by atoms with E-state index in [1.807, 2.05) is 30.5 Å². The van der Waals surface area contributed by atoms with E-state index >= 15 is 0 Å². The maximum Gasteiger partial charge on any atom is 0.251 e. The molecule has 1 amide bonds. The smallest absolute Gasteiger partial charge is 0.251 e. The van der Waals surface area contributed by atoms with Crippen molar-refractivity contribution in [2.75, 3.05) is 6.61 Å². The first-order chi connectivity index (χ1) is 14.0. The van der Waals surface area contributed by atoms with Crippen molar-refractivity contribution in [3.63, 3.8) is 0 Å². The molecule has 0 spiro atoms. The summed E-state index contributed by atoms with van der Waals surface area (Å²) < 4.78 is 27.5. The number of nitrogens with zero attached hydrogens (tertiary/aromatic N) is 1. The van der Waals surface area contributed by atoms with Crippen molar-refractivity contribution in [3.8, 4) is 11.1 Å². The van der Waals surface area contributed by atoms with Crippen molar-refractivity contribution in [2.24, 2.45) is 4.99 Å². The number of rotatable bonds is 5. The van der Waals surface area contributed by atoms with Crippen LogP contribution in [0.5, 0.6) is 0 Å². The van der Waals surface area contributed by atoms with E-state index in [0.717, 1.165) is 40.5 Å². The lowest BCUT2D eigenvalue weighted by Crippen LogP contribution is -2.31. The molecule has 6 heteroatoms. The van der Waals surface area contributed by atoms with Gasteiger partial charge in [-0.2, -0.15) is 0 Å². The minimum absolute atomic E-state index is 0.102. The van der Waals surface area contributed by atoms with Crippen molar-refractivity contribution in [1.29, 1.82) is 0 Å². The van der Waals surface area contributed by atoms with Crippen LogP contribution in [-0.2, 0) is 6.54 Å². The van der Waals surface area contributed by atoms with E-state index in [4.69, 9.17) is 0 Å². The second-order valence-corrected chi connectivity index (χ2v) is 6.84. The van der Waals surface area contributed by atoms with Crippen LogP contribution in [0, 0.1) is 11.6 Å². The van der Waals surface area contributed by atoms with Gasteiger partial charge in [-0.25, -0.2) is 8.78 Å². The van der Waals surface area contributed by atoms with Crippen molar-refractivity contribution >= 4 is 12.1 Å². The molecular formula is C23H18F2N2O2. The van der Waals surface area contributed by atoms with E-state index in [0.29, 0.717) is 12.1 Å². The Morgan fingerprint density at radius 1 is 1.07 bits per heavy atom. The number of amides is 1. The van der Waals surface area contributed by atoms with Crippen LogP contribution in [0.15, 0.2) is 65.7 Å². The fourth-order valence-electron chi connectivity index (χ4n) is 3.37. The molecule has 1 unspecified atom stereocenters. The van der Waals surface area contributed by atoms with Gasteiger partial charge in [0.15, 0.2) is 0 Å². The molecule has 1 heterocycles. The van der Waals surface area contributed by atoms with Crippen LogP contribution in [0.1, 0.15) is 33.1 Å². The number of aliphatic hydroxyl groups excluding tert-OH is 1. The summed E-state index contributed by atoms with van der Waals surface area (Å²) in [6.45, 7) is 0.118. The number of aliphatic hydroxyl groups is 1. The minimum atomic E-state index is -1.06. The van der Waals surface area contributed by atoms with Gasteiger partial charge < -0.3 is 10.4 Å². The molecule has 0 fully saturated rings. The van der Waals surface area contributed by atoms with Gasteiger partial charge in [0.25, 0.3) is 5.91 Å². The Morgan fingerprint density at radius 2 is 1.90 bits per heavy atom. The van der Waals surface area contributed by atoms with Crippen LogP contribution >= 0.6 is 0 Å². The zero-order valence-corrected chi connectivity index (χ0v) is 15.4. The maximum absolute atomic E-state index is 14.0. The lowest BCUT2D eigenvalue weighted by Gasteiger charge is -2.18. The van der Waals surface area contributed by atoms with Crippen molar-refractivity contribution in [1.82, 2.24) is 5.32 Å². The van der Waals surface area contributed by atoms with E-state index in [1.54, 1.807) is 18.2 Å². The first kappa shape index (κ1) is 19.0. The highest BCUT2D eigenvalue weighted by Crippen LogP contribution is 2.26. The molecule has 1 atom stereocenters. The summed E-state index contributed by atoms with van der Waals surface area (Å²) in [5.74, 6) is -1.83. The second-order valence-electron chi connectivity index (χ2n) is 6.84. The van der Waals surface area contributed by atoms with Gasteiger partial charge in [0, 0.05) is 17.3 Å². The van der Waals surface area contributed by atoms with E-state index in [-0.39, 0.29) is 5.56 Å². The summed E-state index contributed by atoms with van der Waals surface area (Å²) in [7, 11) is 0. The van der Waals surface area contributed by atoms with Crippen LogP contribution in [0.4, 0.5) is 8.78 Å². The van der Waals surface area contributed by atoms with Gasteiger partial charge in [-0.1, -0.05) is 24.3 Å². The average Bonchev–Trinajstić information content (AvgIpc) is 3.21. The third-order valence-electron chi connectivity index (χ3n) is 4.92. The molecule has 2 N–H and O–H groups in total. The zero-order chi connectivity index (χ0) is 20.4. The van der Waals surface area contributed by atoms with Crippen LogP contribution in [0.25, 0.3) is 11.1 Å². The number of carbonyl (C=O) groups excluding carboxylic acids is 1. The van der Waals surface area contributed by atoms with Gasteiger partial charge in [0.1, 0.15) is 11.6 Å². The largest absolute Gasteiger partial charge is 0.394 e. The number of nitrogens with one attached hydrogen (secondary N) is 1. The molecule has 0 radical (unpaired) electrons. The number of aliphatic imine (C=N–C) groups is 1. The Morgan fingerprint density at radius 3 is 2.72 bits per heavy atom. The first-order valence-electron chi connectivity index (χ1n) is 9.15. The second kappa shape index (κ2) is 7.93. The predicted octanol–water partition coefficient (Wildman–Crippen LogP) is 4.03. The van der Waals surface area contributed by atoms with Crippen LogP contribution in [0.2, 0.25) is 0 Å². The predicted molar refractivity (Wildman–Crippen MR) is 107 cm³/mol. The molecule has 3 aromatic carbocycles.